The number of aliphatic carboxylic acids is 1. The average molecular weight is 363 g/mol. The van der Waals surface area contributed by atoms with E-state index in [-0.39, 0.29) is 6.54 Å². The molecule has 0 aliphatic rings. The number of benzene rings is 1. The summed E-state index contributed by atoms with van der Waals surface area (Å²) in [6.07, 6.45) is 0. The van der Waals surface area contributed by atoms with Gasteiger partial charge in [0.15, 0.2) is 0 Å². The third-order valence-corrected chi connectivity index (χ3v) is 2.97. The van der Waals surface area contributed by atoms with Crippen LogP contribution in [-0.2, 0) is 9.59 Å². The van der Waals surface area contributed by atoms with Crippen molar-refractivity contribution in [3.63, 3.8) is 0 Å². The molecule has 2 N–H and O–H groups in total. The molecule has 0 saturated heterocycles. The topological polar surface area (TPSA) is 75.6 Å². The standard InChI is InChI=1S/C12H14INO4/c1-8(12(16)17)11(15)14-6-7-18-10-4-2-9(13)3-5-10/h2-5,8H,6-7H2,1H3,(H,14,15)(H,16,17). The lowest BCUT2D eigenvalue weighted by Crippen LogP contribution is -2.35. The first-order chi connectivity index (χ1) is 8.50. The summed E-state index contributed by atoms with van der Waals surface area (Å²) in [5.41, 5.74) is 0. The molecule has 0 spiro atoms. The van der Waals surface area contributed by atoms with Gasteiger partial charge in [-0.2, -0.15) is 0 Å². The van der Waals surface area contributed by atoms with E-state index in [9.17, 15) is 9.59 Å². The van der Waals surface area contributed by atoms with Gasteiger partial charge in [-0.05, 0) is 53.8 Å². The van der Waals surface area contributed by atoms with Gasteiger partial charge in [-0.1, -0.05) is 0 Å². The smallest absolute Gasteiger partial charge is 0.315 e. The van der Waals surface area contributed by atoms with E-state index in [1.54, 1.807) is 0 Å². The Morgan fingerprint density at radius 1 is 1.39 bits per heavy atom. The van der Waals surface area contributed by atoms with Gasteiger partial charge < -0.3 is 15.2 Å². The predicted octanol–water partition coefficient (Wildman–Crippen LogP) is 1.51. The Labute approximate surface area is 119 Å². The van der Waals surface area contributed by atoms with Crippen LogP contribution in [-0.4, -0.2) is 30.1 Å². The van der Waals surface area contributed by atoms with Crippen molar-refractivity contribution in [3.8, 4) is 5.75 Å². The third-order valence-electron chi connectivity index (χ3n) is 2.25. The fourth-order valence-electron chi connectivity index (χ4n) is 1.14. The van der Waals surface area contributed by atoms with E-state index in [0.29, 0.717) is 6.61 Å². The van der Waals surface area contributed by atoms with Crippen LogP contribution >= 0.6 is 22.6 Å². The molecule has 1 aromatic carbocycles. The number of hydrogen-bond donors (Lipinski definition) is 2. The van der Waals surface area contributed by atoms with Crippen molar-refractivity contribution in [1.29, 1.82) is 0 Å². The molecule has 0 bridgehead atoms. The van der Waals surface area contributed by atoms with Gasteiger partial charge in [0.1, 0.15) is 18.3 Å². The van der Waals surface area contributed by atoms with Gasteiger partial charge in [0.25, 0.3) is 0 Å². The molecule has 1 amide bonds. The number of ether oxygens (including phenoxy) is 1. The van der Waals surface area contributed by atoms with E-state index >= 15 is 0 Å². The minimum atomic E-state index is -1.13. The quantitative estimate of drug-likeness (QED) is 0.457. The first-order valence-corrected chi connectivity index (χ1v) is 6.47. The number of nitrogens with one attached hydrogen (secondary N) is 1. The van der Waals surface area contributed by atoms with Gasteiger partial charge in [0, 0.05) is 3.57 Å². The van der Waals surface area contributed by atoms with Crippen LogP contribution in [0.2, 0.25) is 0 Å². The average Bonchev–Trinajstić information content (AvgIpc) is 2.35. The lowest BCUT2D eigenvalue weighted by Gasteiger charge is -2.09. The number of carboxylic acid groups (broad SMARTS) is 1. The molecule has 0 saturated carbocycles. The first kappa shape index (κ1) is 14.7. The summed E-state index contributed by atoms with van der Waals surface area (Å²) >= 11 is 2.20. The maximum absolute atomic E-state index is 11.3. The van der Waals surface area contributed by atoms with Crippen molar-refractivity contribution in [2.75, 3.05) is 13.2 Å². The molecule has 0 aliphatic heterocycles. The van der Waals surface area contributed by atoms with Crippen molar-refractivity contribution in [2.45, 2.75) is 6.92 Å². The van der Waals surface area contributed by atoms with Gasteiger partial charge in [-0.25, -0.2) is 0 Å². The highest BCUT2D eigenvalue weighted by Gasteiger charge is 2.19. The van der Waals surface area contributed by atoms with Gasteiger partial charge in [-0.3, -0.25) is 9.59 Å². The van der Waals surface area contributed by atoms with Crippen molar-refractivity contribution in [1.82, 2.24) is 5.32 Å². The highest BCUT2D eigenvalue weighted by Crippen LogP contribution is 2.12. The summed E-state index contributed by atoms with van der Waals surface area (Å²) in [6, 6.07) is 7.51. The van der Waals surface area contributed by atoms with Crippen molar-refractivity contribution in [3.05, 3.63) is 27.8 Å². The van der Waals surface area contributed by atoms with Crippen LogP contribution in [0.5, 0.6) is 5.75 Å². The van der Waals surface area contributed by atoms with Crippen LogP contribution in [0.15, 0.2) is 24.3 Å². The maximum Gasteiger partial charge on any atom is 0.315 e. The molecule has 6 heteroatoms. The van der Waals surface area contributed by atoms with Gasteiger partial charge in [0.2, 0.25) is 5.91 Å². The van der Waals surface area contributed by atoms with Crippen molar-refractivity contribution >= 4 is 34.5 Å². The Hall–Kier alpha value is -1.31. The molecule has 18 heavy (non-hydrogen) atoms. The number of carboxylic acids is 1. The van der Waals surface area contributed by atoms with Gasteiger partial charge in [-0.15, -0.1) is 0 Å². The molecule has 0 aliphatic carbocycles. The second-order valence-electron chi connectivity index (χ2n) is 3.65. The van der Waals surface area contributed by atoms with E-state index in [4.69, 9.17) is 9.84 Å². The molecule has 98 valence electrons. The highest BCUT2D eigenvalue weighted by atomic mass is 127. The van der Waals surface area contributed by atoms with E-state index in [0.717, 1.165) is 9.32 Å². The highest BCUT2D eigenvalue weighted by molar-refractivity contribution is 14.1. The maximum atomic E-state index is 11.3. The first-order valence-electron chi connectivity index (χ1n) is 5.39. The fourth-order valence-corrected chi connectivity index (χ4v) is 1.50. The summed E-state index contributed by atoms with van der Waals surface area (Å²) in [4.78, 5) is 21.8. The lowest BCUT2D eigenvalue weighted by atomic mass is 10.2. The Kier molecular flexibility index (Phi) is 5.90. The van der Waals surface area contributed by atoms with E-state index < -0.39 is 17.8 Å². The molecule has 1 atom stereocenters. The molecule has 5 nitrogen and oxygen atoms in total. The minimum Gasteiger partial charge on any atom is -0.492 e. The summed E-state index contributed by atoms with van der Waals surface area (Å²) in [7, 11) is 0. The second kappa shape index (κ2) is 7.20. The Morgan fingerprint density at radius 3 is 2.56 bits per heavy atom. The molecule has 1 rings (SSSR count). The lowest BCUT2D eigenvalue weighted by molar-refractivity contribution is -0.146. The molecule has 0 aromatic heterocycles. The molecule has 0 heterocycles. The largest absolute Gasteiger partial charge is 0.492 e. The zero-order valence-electron chi connectivity index (χ0n) is 9.85. The SMILES string of the molecule is CC(C(=O)O)C(=O)NCCOc1ccc(I)cc1. The summed E-state index contributed by atoms with van der Waals surface area (Å²) in [6.45, 7) is 1.93. The van der Waals surface area contributed by atoms with Crippen LogP contribution in [0.4, 0.5) is 0 Å². The van der Waals surface area contributed by atoms with Crippen molar-refractivity contribution < 1.29 is 19.4 Å². The molecule has 1 unspecified atom stereocenters. The minimum absolute atomic E-state index is 0.280. The monoisotopic (exact) mass is 363 g/mol. The van der Waals surface area contributed by atoms with Crippen LogP contribution in [0.1, 0.15) is 6.92 Å². The van der Waals surface area contributed by atoms with Crippen LogP contribution in [0.3, 0.4) is 0 Å². The fraction of sp³-hybridized carbons (Fsp3) is 0.333. The van der Waals surface area contributed by atoms with Crippen LogP contribution in [0.25, 0.3) is 0 Å². The Morgan fingerprint density at radius 2 is 2.00 bits per heavy atom. The summed E-state index contributed by atoms with van der Waals surface area (Å²) in [5.74, 6) is -1.96. The Bertz CT molecular complexity index is 419. The number of carbonyl (C=O) groups is 2. The molecular formula is C12H14INO4. The molecule has 0 radical (unpaired) electrons. The number of halogens is 1. The number of rotatable bonds is 6. The number of amides is 1. The van der Waals surface area contributed by atoms with Crippen LogP contribution < -0.4 is 10.1 Å². The van der Waals surface area contributed by atoms with E-state index in [1.807, 2.05) is 24.3 Å². The molecule has 1 aromatic rings. The summed E-state index contributed by atoms with van der Waals surface area (Å²) in [5, 5.41) is 11.1. The predicted molar refractivity (Wildman–Crippen MR) is 74.5 cm³/mol. The third kappa shape index (κ3) is 4.91. The molecular weight excluding hydrogens is 349 g/mol. The van der Waals surface area contributed by atoms with E-state index in [1.165, 1.54) is 6.92 Å². The number of hydrogen-bond acceptors (Lipinski definition) is 3. The van der Waals surface area contributed by atoms with Crippen LogP contribution in [0, 0.1) is 9.49 Å². The number of carbonyl (C=O) groups excluding carboxylic acids is 1. The van der Waals surface area contributed by atoms with Crippen molar-refractivity contribution in [2.24, 2.45) is 5.92 Å². The zero-order chi connectivity index (χ0) is 13.5. The van der Waals surface area contributed by atoms with E-state index in [2.05, 4.69) is 27.9 Å². The molecule has 0 fully saturated rings. The normalized spacial score (nSPS) is 11.7. The Balaban J connectivity index is 2.25. The van der Waals surface area contributed by atoms with Gasteiger partial charge >= 0.3 is 5.97 Å². The zero-order valence-corrected chi connectivity index (χ0v) is 12.0. The van der Waals surface area contributed by atoms with Gasteiger partial charge in [0.05, 0.1) is 6.54 Å². The second-order valence-corrected chi connectivity index (χ2v) is 4.90. The summed E-state index contributed by atoms with van der Waals surface area (Å²) < 4.78 is 6.50.